The van der Waals surface area contributed by atoms with E-state index in [9.17, 15) is 10.2 Å². The van der Waals surface area contributed by atoms with Gasteiger partial charge in [-0.3, -0.25) is 4.90 Å². The Balaban J connectivity index is 1.45. The summed E-state index contributed by atoms with van der Waals surface area (Å²) < 4.78 is 12.7. The van der Waals surface area contributed by atoms with Crippen LogP contribution in [0.3, 0.4) is 0 Å². The van der Waals surface area contributed by atoms with Crippen molar-refractivity contribution in [2.45, 2.75) is 52.2 Å². The molecule has 3 aromatic rings. The van der Waals surface area contributed by atoms with E-state index in [0.717, 1.165) is 71.2 Å². The molecule has 1 fully saturated rings. The van der Waals surface area contributed by atoms with Crippen LogP contribution in [0.5, 0.6) is 23.0 Å². The molecule has 0 bridgehead atoms. The predicted molar refractivity (Wildman–Crippen MR) is 148 cm³/mol. The Hall–Kier alpha value is -3.44. The molecule has 194 valence electrons. The van der Waals surface area contributed by atoms with Gasteiger partial charge >= 0.3 is 0 Å². The molecule has 0 aromatic heterocycles. The summed E-state index contributed by atoms with van der Waals surface area (Å²) in [4.78, 5) is 2.51. The minimum atomic E-state index is -0.348. The maximum atomic E-state index is 10.3. The predicted octanol–water partition coefficient (Wildman–Crippen LogP) is 7.05. The van der Waals surface area contributed by atoms with Gasteiger partial charge in [0.15, 0.2) is 0 Å². The molecule has 0 amide bonds. The van der Waals surface area contributed by atoms with Gasteiger partial charge in [-0.1, -0.05) is 44.5 Å². The largest absolute Gasteiger partial charge is 0.508 e. The number of phenolic OH excluding ortho intramolecular Hbond substituents is 2. The summed E-state index contributed by atoms with van der Waals surface area (Å²) in [5, 5.41) is 20.5. The van der Waals surface area contributed by atoms with E-state index in [0.29, 0.717) is 12.6 Å². The average Bonchev–Trinajstić information content (AvgIpc) is 3.34. The number of allylic oxidation sites excluding steroid dienone is 1. The highest BCUT2D eigenvalue weighted by Crippen LogP contribution is 2.49. The van der Waals surface area contributed by atoms with Crippen molar-refractivity contribution < 1.29 is 19.7 Å². The summed E-state index contributed by atoms with van der Waals surface area (Å²) in [6.07, 6.45) is 2.69. The monoisotopic (exact) mass is 499 g/mol. The van der Waals surface area contributed by atoms with E-state index in [1.807, 2.05) is 30.3 Å². The Labute approximate surface area is 220 Å². The van der Waals surface area contributed by atoms with Crippen LogP contribution in [-0.4, -0.2) is 40.9 Å². The van der Waals surface area contributed by atoms with Crippen molar-refractivity contribution in [2.75, 3.05) is 19.7 Å². The molecule has 0 radical (unpaired) electrons. The Kier molecular flexibility index (Phi) is 7.43. The molecule has 5 nitrogen and oxygen atoms in total. The van der Waals surface area contributed by atoms with Gasteiger partial charge in [0, 0.05) is 23.7 Å². The molecule has 2 N–H and O–H groups in total. The zero-order valence-corrected chi connectivity index (χ0v) is 22.0. The lowest BCUT2D eigenvalue weighted by Gasteiger charge is -2.32. The number of likely N-dealkylation sites (tertiary alicyclic amines) is 1. The van der Waals surface area contributed by atoms with Crippen LogP contribution in [0.2, 0.25) is 0 Å². The Morgan fingerprint density at radius 3 is 2.51 bits per heavy atom. The Bertz CT molecular complexity index is 1270. The lowest BCUT2D eigenvalue weighted by atomic mass is 9.83. The molecule has 5 heteroatoms. The zero-order valence-electron chi connectivity index (χ0n) is 22.0. The molecule has 0 saturated carbocycles. The van der Waals surface area contributed by atoms with Crippen molar-refractivity contribution in [3.8, 4) is 23.0 Å². The number of aromatic hydroxyl groups is 2. The lowest BCUT2D eigenvalue weighted by Crippen LogP contribution is -2.35. The smallest absolute Gasteiger partial charge is 0.150 e. The molecule has 2 heterocycles. The second kappa shape index (κ2) is 10.9. The normalized spacial score (nSPS) is 20.4. The van der Waals surface area contributed by atoms with Crippen LogP contribution in [0.15, 0.2) is 66.7 Å². The van der Waals surface area contributed by atoms with Crippen LogP contribution in [0, 0.1) is 5.92 Å². The highest BCUT2D eigenvalue weighted by atomic mass is 16.5. The Morgan fingerprint density at radius 2 is 1.81 bits per heavy atom. The van der Waals surface area contributed by atoms with Crippen molar-refractivity contribution >= 4 is 11.1 Å². The Morgan fingerprint density at radius 1 is 1.03 bits per heavy atom. The molecule has 3 atom stereocenters. The number of phenols is 2. The minimum absolute atomic E-state index is 0.212. The van der Waals surface area contributed by atoms with E-state index in [1.165, 1.54) is 6.42 Å². The second-order valence-electron chi connectivity index (χ2n) is 10.5. The van der Waals surface area contributed by atoms with Gasteiger partial charge in [-0.25, -0.2) is 0 Å². The fourth-order valence-electron chi connectivity index (χ4n) is 5.53. The van der Waals surface area contributed by atoms with Crippen molar-refractivity contribution in [1.82, 2.24) is 4.90 Å². The van der Waals surface area contributed by atoms with E-state index < -0.39 is 0 Å². The third kappa shape index (κ3) is 5.47. The number of hydrogen-bond acceptors (Lipinski definition) is 5. The fraction of sp³-hybridized carbons (Fsp3) is 0.375. The number of rotatable bonds is 8. The van der Waals surface area contributed by atoms with Gasteiger partial charge in [-0.05, 0) is 91.4 Å². The first-order chi connectivity index (χ1) is 17.9. The first kappa shape index (κ1) is 25.2. The summed E-state index contributed by atoms with van der Waals surface area (Å²) in [5.41, 5.74) is 4.98. The van der Waals surface area contributed by atoms with E-state index in [2.05, 4.69) is 37.8 Å². The molecule has 5 rings (SSSR count). The van der Waals surface area contributed by atoms with Crippen molar-refractivity contribution in [1.29, 1.82) is 0 Å². The first-order valence-electron chi connectivity index (χ1n) is 13.4. The van der Waals surface area contributed by atoms with E-state index >= 15 is 0 Å². The van der Waals surface area contributed by atoms with Crippen LogP contribution >= 0.6 is 0 Å². The van der Waals surface area contributed by atoms with Crippen LogP contribution in [-0.2, 0) is 0 Å². The van der Waals surface area contributed by atoms with Crippen molar-refractivity contribution in [3.63, 3.8) is 0 Å². The summed E-state index contributed by atoms with van der Waals surface area (Å²) in [6, 6.07) is 21.2. The SMILES string of the molecule is CCCC1=C(c2cccc(O)c2)C(c2ccc(OCC(C)N3CCC(C)C3)cc2)Oc2ccc(O)cc21. The second-order valence-corrected chi connectivity index (χ2v) is 10.5. The summed E-state index contributed by atoms with van der Waals surface area (Å²) in [5.74, 6) is 2.79. The summed E-state index contributed by atoms with van der Waals surface area (Å²) in [6.45, 7) is 9.65. The molecule has 1 saturated heterocycles. The molecule has 3 aromatic carbocycles. The van der Waals surface area contributed by atoms with Crippen LogP contribution in [0.4, 0.5) is 0 Å². The molecule has 37 heavy (non-hydrogen) atoms. The number of benzene rings is 3. The molecular weight excluding hydrogens is 462 g/mol. The minimum Gasteiger partial charge on any atom is -0.508 e. The average molecular weight is 500 g/mol. The van der Waals surface area contributed by atoms with Crippen molar-refractivity contribution in [2.24, 2.45) is 5.92 Å². The van der Waals surface area contributed by atoms with Gasteiger partial charge in [0.05, 0.1) is 0 Å². The highest BCUT2D eigenvalue weighted by molar-refractivity contribution is 5.96. The third-order valence-corrected chi connectivity index (χ3v) is 7.53. The number of hydrogen-bond donors (Lipinski definition) is 2. The van der Waals surface area contributed by atoms with Crippen molar-refractivity contribution in [3.05, 3.63) is 83.4 Å². The van der Waals surface area contributed by atoms with Crippen LogP contribution in [0.25, 0.3) is 11.1 Å². The topological polar surface area (TPSA) is 62.2 Å². The van der Waals surface area contributed by atoms with Gasteiger partial charge in [0.1, 0.15) is 35.7 Å². The first-order valence-corrected chi connectivity index (χ1v) is 13.4. The van der Waals surface area contributed by atoms with E-state index in [-0.39, 0.29) is 17.6 Å². The lowest BCUT2D eigenvalue weighted by molar-refractivity contribution is 0.169. The third-order valence-electron chi connectivity index (χ3n) is 7.53. The molecular formula is C32H37NO4. The molecule has 3 unspecified atom stereocenters. The summed E-state index contributed by atoms with van der Waals surface area (Å²) in [7, 11) is 0. The van der Waals surface area contributed by atoms with Crippen LogP contribution < -0.4 is 9.47 Å². The van der Waals surface area contributed by atoms with Gasteiger partial charge in [-0.15, -0.1) is 0 Å². The number of nitrogens with zero attached hydrogens (tertiary/aromatic N) is 1. The number of fused-ring (bicyclic) bond motifs is 1. The molecule has 2 aliphatic rings. The number of ether oxygens (including phenoxy) is 2. The molecule has 0 aliphatic carbocycles. The molecule has 2 aliphatic heterocycles. The van der Waals surface area contributed by atoms with Crippen LogP contribution in [0.1, 0.15) is 62.8 Å². The quantitative estimate of drug-likeness (QED) is 0.348. The fourth-order valence-corrected chi connectivity index (χ4v) is 5.53. The van der Waals surface area contributed by atoms with E-state index in [4.69, 9.17) is 9.47 Å². The zero-order chi connectivity index (χ0) is 25.9. The highest BCUT2D eigenvalue weighted by Gasteiger charge is 2.31. The van der Waals surface area contributed by atoms with Gasteiger partial charge < -0.3 is 19.7 Å². The standard InChI is InChI=1S/C32H37NO4/c1-4-6-28-29-18-26(35)11-14-30(29)37-32(31(28)24-7-5-8-25(34)17-24)23-9-12-27(13-10-23)36-20-22(3)33-16-15-21(2)19-33/h5,7-14,17-18,21-22,32,34-35H,4,6,15-16,19-20H2,1-3H3. The maximum Gasteiger partial charge on any atom is 0.150 e. The van der Waals surface area contributed by atoms with Gasteiger partial charge in [0.2, 0.25) is 0 Å². The molecule has 0 spiro atoms. The maximum absolute atomic E-state index is 10.3. The summed E-state index contributed by atoms with van der Waals surface area (Å²) >= 11 is 0. The van der Waals surface area contributed by atoms with E-state index in [1.54, 1.807) is 24.3 Å². The van der Waals surface area contributed by atoms with Gasteiger partial charge in [0.25, 0.3) is 0 Å². The van der Waals surface area contributed by atoms with Gasteiger partial charge in [-0.2, -0.15) is 0 Å².